The van der Waals surface area contributed by atoms with E-state index in [-0.39, 0.29) is 44.7 Å². The molecule has 42 heavy (non-hydrogen) atoms. The van der Waals surface area contributed by atoms with Crippen molar-refractivity contribution in [2.45, 2.75) is 57.9 Å². The van der Waals surface area contributed by atoms with Crippen molar-refractivity contribution in [3.63, 3.8) is 0 Å². The number of amides is 1. The molecule has 11 heteroatoms. The Hall–Kier alpha value is -3.06. The zero-order valence-electron chi connectivity index (χ0n) is 25.6. The second-order valence-electron chi connectivity index (χ2n) is 10.5. The third-order valence-electron chi connectivity index (χ3n) is 5.68. The second kappa shape index (κ2) is 17.1. The van der Waals surface area contributed by atoms with Crippen molar-refractivity contribution >= 4 is 23.9 Å². The third kappa shape index (κ3) is 12.8. The molecule has 0 aliphatic rings. The SMILES string of the molecule is COC(=O)[C@H](Cc1cccc(C/C([C-]=O)=C(/c2[c-]ccc(CCN(C)C)c2)C(F)(F)F)c1)NC(=O)OC(C)(C)C.[CH3-].[Li+]. The summed E-state index contributed by atoms with van der Waals surface area (Å²) in [5.74, 6) is -0.720. The van der Waals surface area contributed by atoms with Crippen molar-refractivity contribution in [1.29, 1.82) is 0 Å². The van der Waals surface area contributed by atoms with Gasteiger partial charge in [-0.05, 0) is 70.7 Å². The number of nitrogens with one attached hydrogen (secondary N) is 1. The molecular formula is C31H38F3LiN2O5-2. The number of esters is 1. The van der Waals surface area contributed by atoms with Crippen LogP contribution in [0, 0.1) is 13.5 Å². The summed E-state index contributed by atoms with van der Waals surface area (Å²) in [6.07, 6.45) is -4.00. The maximum Gasteiger partial charge on any atom is 1.00 e. The van der Waals surface area contributed by atoms with Crippen LogP contribution in [-0.2, 0) is 38.3 Å². The van der Waals surface area contributed by atoms with Crippen LogP contribution < -0.4 is 24.2 Å². The average Bonchev–Trinajstić information content (AvgIpc) is 2.84. The molecule has 2 aromatic rings. The van der Waals surface area contributed by atoms with Gasteiger partial charge in [0.05, 0.1) is 7.11 Å². The molecule has 0 heterocycles. The van der Waals surface area contributed by atoms with E-state index in [0.29, 0.717) is 29.7 Å². The Morgan fingerprint density at radius 1 is 1.07 bits per heavy atom. The van der Waals surface area contributed by atoms with Gasteiger partial charge < -0.3 is 31.9 Å². The van der Waals surface area contributed by atoms with E-state index in [1.165, 1.54) is 25.5 Å². The van der Waals surface area contributed by atoms with Crippen molar-refractivity contribution < 1.29 is 55.9 Å². The summed E-state index contributed by atoms with van der Waals surface area (Å²) < 4.78 is 52.7. The Labute approximate surface area is 259 Å². The van der Waals surface area contributed by atoms with Crippen LogP contribution in [0.3, 0.4) is 0 Å². The number of halogens is 3. The van der Waals surface area contributed by atoms with Gasteiger partial charge in [-0.1, -0.05) is 24.3 Å². The Balaban J connectivity index is 0.00000840. The zero-order valence-corrected chi connectivity index (χ0v) is 25.6. The molecule has 0 saturated carbocycles. The van der Waals surface area contributed by atoms with E-state index in [2.05, 4.69) is 11.4 Å². The predicted molar refractivity (Wildman–Crippen MR) is 152 cm³/mol. The Bertz CT molecular complexity index is 1220. The smallest absolute Gasteiger partial charge is 0.467 e. The summed E-state index contributed by atoms with van der Waals surface area (Å²) in [6, 6.07) is 12.4. The maximum atomic E-state index is 14.2. The number of alkyl carbamates (subject to hydrolysis) is 1. The van der Waals surface area contributed by atoms with Gasteiger partial charge in [0.2, 0.25) is 0 Å². The molecule has 2 rings (SSSR count). The number of ether oxygens (including phenoxy) is 2. The number of carbonyl (C=O) groups is 2. The Morgan fingerprint density at radius 3 is 2.26 bits per heavy atom. The first-order valence-electron chi connectivity index (χ1n) is 12.6. The number of nitrogens with zero attached hydrogens (tertiary/aromatic N) is 1. The average molecular weight is 583 g/mol. The Morgan fingerprint density at radius 2 is 1.71 bits per heavy atom. The molecular weight excluding hydrogens is 544 g/mol. The van der Waals surface area contributed by atoms with Crippen LogP contribution in [-0.4, -0.2) is 68.8 Å². The first kappa shape index (κ1) is 38.9. The van der Waals surface area contributed by atoms with Crippen LogP contribution >= 0.6 is 0 Å². The molecule has 226 valence electrons. The number of rotatable bonds is 11. The van der Waals surface area contributed by atoms with E-state index in [1.54, 1.807) is 51.1 Å². The number of carbonyl (C=O) groups excluding carboxylic acids is 3. The van der Waals surface area contributed by atoms with Crippen molar-refractivity contribution in [2.24, 2.45) is 0 Å². The van der Waals surface area contributed by atoms with Gasteiger partial charge in [-0.3, -0.25) is 0 Å². The number of hydrogen-bond donors (Lipinski definition) is 1. The first-order chi connectivity index (χ1) is 18.6. The Kier molecular flexibility index (Phi) is 15.9. The van der Waals surface area contributed by atoms with Gasteiger partial charge in [0.1, 0.15) is 11.6 Å². The molecule has 0 fully saturated rings. The quantitative estimate of drug-likeness (QED) is 0.190. The number of likely N-dealkylation sites (N-methyl/N-ethyl adjacent to an activating group) is 1. The largest absolute Gasteiger partial charge is 1.00 e. The molecule has 0 unspecified atom stereocenters. The van der Waals surface area contributed by atoms with Crippen LogP contribution in [0.25, 0.3) is 5.57 Å². The van der Waals surface area contributed by atoms with E-state index in [1.807, 2.05) is 19.0 Å². The summed E-state index contributed by atoms with van der Waals surface area (Å²) in [7, 11) is 4.90. The zero-order chi connectivity index (χ0) is 30.1. The van der Waals surface area contributed by atoms with Crippen LogP contribution in [0.4, 0.5) is 18.0 Å². The van der Waals surface area contributed by atoms with Gasteiger partial charge in [0.25, 0.3) is 0 Å². The molecule has 1 N–H and O–H groups in total. The maximum absolute atomic E-state index is 14.2. The molecule has 1 amide bonds. The molecule has 1 atom stereocenters. The third-order valence-corrected chi connectivity index (χ3v) is 5.68. The van der Waals surface area contributed by atoms with E-state index < -0.39 is 41.0 Å². The normalized spacial score (nSPS) is 12.7. The summed E-state index contributed by atoms with van der Waals surface area (Å²) in [6.45, 7) is 5.66. The topological polar surface area (TPSA) is 84.9 Å². The van der Waals surface area contributed by atoms with E-state index in [4.69, 9.17) is 9.47 Å². The molecule has 0 bridgehead atoms. The van der Waals surface area contributed by atoms with Crippen LogP contribution in [0.1, 0.15) is 43.0 Å². The molecule has 0 radical (unpaired) electrons. The van der Waals surface area contributed by atoms with Crippen LogP contribution in [0.2, 0.25) is 0 Å². The van der Waals surface area contributed by atoms with Crippen molar-refractivity contribution in [3.8, 4) is 0 Å². The van der Waals surface area contributed by atoms with Crippen LogP contribution in [0.5, 0.6) is 0 Å². The molecule has 0 aromatic heterocycles. The number of benzene rings is 2. The minimum Gasteiger partial charge on any atom is -0.467 e. The minimum atomic E-state index is -4.83. The van der Waals surface area contributed by atoms with Crippen molar-refractivity contribution in [1.82, 2.24) is 10.2 Å². The van der Waals surface area contributed by atoms with E-state index >= 15 is 0 Å². The van der Waals surface area contributed by atoms with Gasteiger partial charge in [-0.25, -0.2) is 9.59 Å². The molecule has 0 saturated heterocycles. The van der Waals surface area contributed by atoms with Gasteiger partial charge in [-0.15, -0.1) is 41.0 Å². The fourth-order valence-corrected chi connectivity index (χ4v) is 3.92. The minimum absolute atomic E-state index is 0. The molecule has 2 aromatic carbocycles. The fraction of sp³-hybridized carbons (Fsp3) is 0.419. The standard InChI is InChI=1S/C30H35F3N2O5.CH3.Li/c1-29(2,3)40-28(38)34-25(27(37)39-6)18-22-11-7-10-21(15-22)17-24(19-36)26(30(31,32)33)23-12-8-9-20(16-23)13-14-35(4)5;;/h7-11,15-16,25H,13-14,17-18H2,1-6H3,(H,34,38);1H3;/q-2;-1;+1/b26-24+;;/t25-;;/m0../s1. The number of alkyl halides is 3. The van der Waals surface area contributed by atoms with Crippen LogP contribution in [0.15, 0.2) is 48.0 Å². The summed E-state index contributed by atoms with van der Waals surface area (Å²) in [5.41, 5.74) is -1.09. The molecule has 0 aliphatic heterocycles. The number of hydrogen-bond acceptors (Lipinski definition) is 6. The van der Waals surface area contributed by atoms with Gasteiger partial charge >= 0.3 is 37.1 Å². The molecule has 0 spiro atoms. The van der Waals surface area contributed by atoms with Gasteiger partial charge in [0, 0.05) is 13.0 Å². The second-order valence-corrected chi connectivity index (χ2v) is 10.5. The van der Waals surface area contributed by atoms with E-state index in [0.717, 1.165) is 0 Å². The molecule has 7 nitrogen and oxygen atoms in total. The van der Waals surface area contributed by atoms with Gasteiger partial charge in [-0.2, -0.15) is 13.2 Å². The summed E-state index contributed by atoms with van der Waals surface area (Å²) in [5, 5.41) is 2.46. The first-order valence-corrected chi connectivity index (χ1v) is 12.6. The summed E-state index contributed by atoms with van der Waals surface area (Å²) >= 11 is 0. The van der Waals surface area contributed by atoms with Crippen molar-refractivity contribution in [3.05, 3.63) is 83.8 Å². The van der Waals surface area contributed by atoms with Crippen molar-refractivity contribution in [2.75, 3.05) is 27.7 Å². The number of methoxy groups -OCH3 is 1. The predicted octanol–water partition coefficient (Wildman–Crippen LogP) is 2.32. The summed E-state index contributed by atoms with van der Waals surface area (Å²) in [4.78, 5) is 38.3. The van der Waals surface area contributed by atoms with E-state index in [9.17, 15) is 27.6 Å². The van der Waals surface area contributed by atoms with Gasteiger partial charge in [0.15, 0.2) is 0 Å². The monoisotopic (exact) mass is 582 g/mol. The number of allylic oxidation sites excluding steroid dienone is 2. The molecule has 0 aliphatic carbocycles. The fourth-order valence-electron chi connectivity index (χ4n) is 3.92.